The van der Waals surface area contributed by atoms with Crippen molar-refractivity contribution in [3.05, 3.63) is 95.0 Å². The molecule has 0 bridgehead atoms. The zero-order valence-electron chi connectivity index (χ0n) is 17.0. The van der Waals surface area contributed by atoms with Crippen LogP contribution in [-0.4, -0.2) is 26.4 Å². The van der Waals surface area contributed by atoms with Crippen LogP contribution in [-0.2, 0) is 18.3 Å². The van der Waals surface area contributed by atoms with E-state index in [0.29, 0.717) is 16.0 Å². The lowest BCUT2D eigenvalue weighted by atomic mass is 10.0. The zero-order valence-corrected chi connectivity index (χ0v) is 18.5. The molecule has 0 saturated carbocycles. The first-order valence-electron chi connectivity index (χ1n) is 9.80. The van der Waals surface area contributed by atoms with Crippen LogP contribution in [0.4, 0.5) is 5.69 Å². The third-order valence-corrected chi connectivity index (χ3v) is 6.16. The van der Waals surface area contributed by atoms with Crippen molar-refractivity contribution in [2.24, 2.45) is 7.05 Å². The molecule has 0 atom stereocenters. The van der Waals surface area contributed by atoms with Gasteiger partial charge in [0.1, 0.15) is 0 Å². The van der Waals surface area contributed by atoms with Crippen LogP contribution >= 0.6 is 23.4 Å². The zero-order chi connectivity index (χ0) is 21.6. The molecule has 1 heterocycles. The van der Waals surface area contributed by atoms with Gasteiger partial charge in [0.25, 0.3) is 0 Å². The number of hydrogen-bond acceptors (Lipinski definition) is 4. The van der Waals surface area contributed by atoms with E-state index in [9.17, 15) is 4.79 Å². The van der Waals surface area contributed by atoms with E-state index in [1.54, 1.807) is 0 Å². The number of rotatable bonds is 7. The van der Waals surface area contributed by atoms with Gasteiger partial charge in [0.2, 0.25) is 5.91 Å². The Kier molecular flexibility index (Phi) is 6.70. The molecule has 0 unspecified atom stereocenters. The number of anilines is 1. The Labute approximate surface area is 190 Å². The highest BCUT2D eigenvalue weighted by atomic mass is 35.5. The van der Waals surface area contributed by atoms with Gasteiger partial charge in [0.05, 0.1) is 10.8 Å². The highest BCUT2D eigenvalue weighted by molar-refractivity contribution is 7.99. The first-order valence-corrected chi connectivity index (χ1v) is 11.2. The van der Waals surface area contributed by atoms with Gasteiger partial charge in [-0.15, -0.1) is 10.2 Å². The fourth-order valence-electron chi connectivity index (χ4n) is 3.25. The van der Waals surface area contributed by atoms with Gasteiger partial charge < -0.3 is 9.88 Å². The highest BCUT2D eigenvalue weighted by Crippen LogP contribution is 2.28. The van der Waals surface area contributed by atoms with Crippen molar-refractivity contribution in [2.75, 3.05) is 11.1 Å². The molecule has 1 aromatic heterocycles. The van der Waals surface area contributed by atoms with Crippen LogP contribution in [0, 0.1) is 0 Å². The second-order valence-corrected chi connectivity index (χ2v) is 8.35. The monoisotopic (exact) mass is 448 g/mol. The minimum Gasteiger partial charge on any atom is -0.325 e. The second-order valence-electron chi connectivity index (χ2n) is 7.00. The molecular weight excluding hydrogens is 428 g/mol. The molecular formula is C24H21ClN4OS. The Morgan fingerprint density at radius 1 is 0.968 bits per heavy atom. The van der Waals surface area contributed by atoms with Crippen LogP contribution in [0.1, 0.15) is 11.1 Å². The Morgan fingerprint density at radius 3 is 2.48 bits per heavy atom. The van der Waals surface area contributed by atoms with E-state index in [-0.39, 0.29) is 11.7 Å². The van der Waals surface area contributed by atoms with Crippen LogP contribution in [0.25, 0.3) is 11.4 Å². The molecule has 0 spiro atoms. The number of nitrogens with zero attached hydrogens (tertiary/aromatic N) is 3. The maximum absolute atomic E-state index is 12.6. The number of para-hydroxylation sites is 1. The lowest BCUT2D eigenvalue weighted by Gasteiger charge is -2.11. The van der Waals surface area contributed by atoms with Gasteiger partial charge in [-0.2, -0.15) is 0 Å². The number of carbonyl (C=O) groups excluding carboxylic acids is 1. The van der Waals surface area contributed by atoms with Crippen molar-refractivity contribution in [1.29, 1.82) is 0 Å². The van der Waals surface area contributed by atoms with Gasteiger partial charge in [-0.25, -0.2) is 0 Å². The van der Waals surface area contributed by atoms with Gasteiger partial charge in [-0.1, -0.05) is 84.0 Å². The summed E-state index contributed by atoms with van der Waals surface area (Å²) in [4.78, 5) is 12.6. The first kappa shape index (κ1) is 21.2. The first-order chi connectivity index (χ1) is 15.1. The van der Waals surface area contributed by atoms with Gasteiger partial charge in [-0.05, 0) is 35.7 Å². The molecule has 0 aliphatic heterocycles. The van der Waals surface area contributed by atoms with Crippen molar-refractivity contribution < 1.29 is 4.79 Å². The van der Waals surface area contributed by atoms with E-state index in [1.165, 1.54) is 17.3 Å². The van der Waals surface area contributed by atoms with Crippen LogP contribution in [0.2, 0.25) is 5.02 Å². The SMILES string of the molecule is Cn1c(SCC(=O)Nc2ccccc2Cc2ccccc2)nnc1-c1ccccc1Cl. The number of halogens is 1. The van der Waals surface area contributed by atoms with Gasteiger partial charge >= 0.3 is 0 Å². The minimum absolute atomic E-state index is 0.0900. The average Bonchev–Trinajstić information content (AvgIpc) is 3.15. The largest absolute Gasteiger partial charge is 0.325 e. The summed E-state index contributed by atoms with van der Waals surface area (Å²) >= 11 is 7.62. The summed E-state index contributed by atoms with van der Waals surface area (Å²) in [5.41, 5.74) is 3.91. The lowest BCUT2D eigenvalue weighted by molar-refractivity contribution is -0.113. The van der Waals surface area contributed by atoms with Crippen LogP contribution in [0.5, 0.6) is 0 Å². The summed E-state index contributed by atoms with van der Waals surface area (Å²) < 4.78 is 1.85. The molecule has 0 aliphatic carbocycles. The Balaban J connectivity index is 1.41. The number of hydrogen-bond donors (Lipinski definition) is 1. The van der Waals surface area contributed by atoms with E-state index in [1.807, 2.05) is 78.3 Å². The van der Waals surface area contributed by atoms with Gasteiger partial charge in [0, 0.05) is 18.3 Å². The molecule has 5 nitrogen and oxygen atoms in total. The number of thioether (sulfide) groups is 1. The van der Waals surface area contributed by atoms with Crippen molar-refractivity contribution in [3.63, 3.8) is 0 Å². The van der Waals surface area contributed by atoms with Crippen molar-refractivity contribution in [3.8, 4) is 11.4 Å². The summed E-state index contributed by atoms with van der Waals surface area (Å²) in [6.45, 7) is 0. The number of benzene rings is 3. The topological polar surface area (TPSA) is 59.8 Å². The summed E-state index contributed by atoms with van der Waals surface area (Å²) in [6, 6.07) is 25.6. The quantitative estimate of drug-likeness (QED) is 0.381. The molecule has 4 rings (SSSR count). The molecule has 1 N–H and O–H groups in total. The molecule has 0 saturated heterocycles. The maximum Gasteiger partial charge on any atom is 0.234 e. The summed E-state index contributed by atoms with van der Waals surface area (Å²) in [5.74, 6) is 0.809. The van der Waals surface area contributed by atoms with E-state index >= 15 is 0 Å². The Morgan fingerprint density at radius 2 is 1.68 bits per heavy atom. The fraction of sp³-hybridized carbons (Fsp3) is 0.125. The summed E-state index contributed by atoms with van der Waals surface area (Å²) in [5, 5.41) is 12.8. The fourth-order valence-corrected chi connectivity index (χ4v) is 4.18. The molecule has 4 aromatic rings. The smallest absolute Gasteiger partial charge is 0.234 e. The highest BCUT2D eigenvalue weighted by Gasteiger charge is 2.15. The summed E-state index contributed by atoms with van der Waals surface area (Å²) in [7, 11) is 1.87. The number of aromatic nitrogens is 3. The second kappa shape index (κ2) is 9.81. The molecule has 3 aromatic carbocycles. The Bertz CT molecular complexity index is 1190. The average molecular weight is 449 g/mol. The van der Waals surface area contributed by atoms with Gasteiger partial charge in [0.15, 0.2) is 11.0 Å². The normalized spacial score (nSPS) is 10.8. The molecule has 0 fully saturated rings. The van der Waals surface area contributed by atoms with E-state index in [4.69, 9.17) is 11.6 Å². The third-order valence-electron chi connectivity index (χ3n) is 4.81. The maximum atomic E-state index is 12.6. The third kappa shape index (κ3) is 5.16. The predicted octanol–water partition coefficient (Wildman–Crippen LogP) is 5.46. The van der Waals surface area contributed by atoms with E-state index in [0.717, 1.165) is 23.2 Å². The number of carbonyl (C=O) groups is 1. The van der Waals surface area contributed by atoms with Crippen LogP contribution < -0.4 is 5.32 Å². The molecule has 0 aliphatic rings. The molecule has 7 heteroatoms. The van der Waals surface area contributed by atoms with Crippen molar-refractivity contribution >= 4 is 35.0 Å². The standard InChI is InChI=1S/C24H21ClN4OS/c1-29-23(19-12-6-7-13-20(19)25)27-28-24(29)31-16-22(30)26-21-14-8-5-11-18(21)15-17-9-3-2-4-10-17/h2-14H,15-16H2,1H3,(H,26,30). The lowest BCUT2D eigenvalue weighted by Crippen LogP contribution is -2.15. The van der Waals surface area contributed by atoms with Crippen molar-refractivity contribution in [1.82, 2.24) is 14.8 Å². The van der Waals surface area contributed by atoms with Crippen LogP contribution in [0.15, 0.2) is 84.0 Å². The van der Waals surface area contributed by atoms with E-state index < -0.39 is 0 Å². The molecule has 0 radical (unpaired) electrons. The molecule has 31 heavy (non-hydrogen) atoms. The van der Waals surface area contributed by atoms with Crippen molar-refractivity contribution in [2.45, 2.75) is 11.6 Å². The molecule has 156 valence electrons. The van der Waals surface area contributed by atoms with Crippen LogP contribution in [0.3, 0.4) is 0 Å². The van der Waals surface area contributed by atoms with Gasteiger partial charge in [-0.3, -0.25) is 4.79 Å². The Hall–Kier alpha value is -3.09. The number of amides is 1. The molecule has 1 amide bonds. The predicted molar refractivity (Wildman–Crippen MR) is 126 cm³/mol. The number of nitrogens with one attached hydrogen (secondary N) is 1. The minimum atomic E-state index is -0.0900. The summed E-state index contributed by atoms with van der Waals surface area (Å²) in [6.07, 6.45) is 0.759. The van der Waals surface area contributed by atoms with E-state index in [2.05, 4.69) is 27.6 Å².